The number of rotatable bonds is 6. The van der Waals surface area contributed by atoms with Crippen molar-refractivity contribution in [1.82, 2.24) is 4.72 Å². The third-order valence-corrected chi connectivity index (χ3v) is 5.47. The highest BCUT2D eigenvalue weighted by Crippen LogP contribution is 2.20. The van der Waals surface area contributed by atoms with Gasteiger partial charge in [-0.15, -0.1) is 0 Å². The number of nitrogens with one attached hydrogen (secondary N) is 1. The van der Waals surface area contributed by atoms with Gasteiger partial charge in [0, 0.05) is 0 Å². The summed E-state index contributed by atoms with van der Waals surface area (Å²) in [6.45, 7) is 10.5. The second-order valence-corrected chi connectivity index (χ2v) is 8.46. The zero-order chi connectivity index (χ0) is 17.2. The van der Waals surface area contributed by atoms with Gasteiger partial charge in [-0.25, -0.2) is 13.4 Å². The van der Waals surface area contributed by atoms with E-state index in [2.05, 4.69) is 23.6 Å². The average molecular weight is 338 g/mol. The quantitative estimate of drug-likeness (QED) is 0.867. The number of aliphatic imine (C=N–C) groups is 1. The molecule has 2 rings (SSSR count). The van der Waals surface area contributed by atoms with E-state index in [-0.39, 0.29) is 16.9 Å². The SMILES string of the molecule is Cc1ccc(S(=O)(=O)N[C@H](C2=N[C@@H](C(C)C)CO2)C(C)C)cc1. The summed E-state index contributed by atoms with van der Waals surface area (Å²) in [4.78, 5) is 4.83. The lowest BCUT2D eigenvalue weighted by atomic mass is 10.1. The lowest BCUT2D eigenvalue weighted by Gasteiger charge is -2.21. The van der Waals surface area contributed by atoms with Crippen molar-refractivity contribution in [1.29, 1.82) is 0 Å². The number of hydrogen-bond acceptors (Lipinski definition) is 4. The van der Waals surface area contributed by atoms with Crippen molar-refractivity contribution in [3.63, 3.8) is 0 Å². The first-order chi connectivity index (χ1) is 10.7. The predicted molar refractivity (Wildman–Crippen MR) is 92.1 cm³/mol. The summed E-state index contributed by atoms with van der Waals surface area (Å²) in [5.74, 6) is 0.906. The van der Waals surface area contributed by atoms with E-state index in [1.807, 2.05) is 20.8 Å². The van der Waals surface area contributed by atoms with Crippen LogP contribution in [0.3, 0.4) is 0 Å². The molecule has 0 bridgehead atoms. The monoisotopic (exact) mass is 338 g/mol. The van der Waals surface area contributed by atoms with Crippen molar-refractivity contribution in [3.05, 3.63) is 29.8 Å². The highest BCUT2D eigenvalue weighted by molar-refractivity contribution is 7.89. The Balaban J connectivity index is 2.23. The molecule has 2 atom stereocenters. The number of aryl methyl sites for hydroxylation is 1. The van der Waals surface area contributed by atoms with Crippen molar-refractivity contribution in [2.75, 3.05) is 6.61 Å². The maximum Gasteiger partial charge on any atom is 0.241 e. The van der Waals surface area contributed by atoms with Gasteiger partial charge in [-0.2, -0.15) is 4.72 Å². The van der Waals surface area contributed by atoms with E-state index in [4.69, 9.17) is 4.74 Å². The van der Waals surface area contributed by atoms with Crippen LogP contribution >= 0.6 is 0 Å². The van der Waals surface area contributed by atoms with Gasteiger partial charge in [0.25, 0.3) is 0 Å². The van der Waals surface area contributed by atoms with Crippen LogP contribution in [0.5, 0.6) is 0 Å². The highest BCUT2D eigenvalue weighted by Gasteiger charge is 2.32. The van der Waals surface area contributed by atoms with Crippen molar-refractivity contribution < 1.29 is 13.2 Å². The molecule has 1 aromatic rings. The Hall–Kier alpha value is -1.40. The lowest BCUT2D eigenvalue weighted by Crippen LogP contribution is -2.44. The maximum atomic E-state index is 12.6. The molecule has 0 spiro atoms. The predicted octanol–water partition coefficient (Wildman–Crippen LogP) is 2.75. The van der Waals surface area contributed by atoms with E-state index in [0.29, 0.717) is 18.4 Å². The van der Waals surface area contributed by atoms with Gasteiger partial charge in [0.2, 0.25) is 15.9 Å². The van der Waals surface area contributed by atoms with E-state index in [0.717, 1.165) is 5.56 Å². The number of hydrogen-bond donors (Lipinski definition) is 1. The molecule has 1 aliphatic rings. The molecule has 0 aliphatic carbocycles. The molecule has 1 aliphatic heterocycles. The molecule has 0 saturated heterocycles. The van der Waals surface area contributed by atoms with E-state index < -0.39 is 16.1 Å². The fourth-order valence-electron chi connectivity index (χ4n) is 2.34. The van der Waals surface area contributed by atoms with Crippen LogP contribution in [0.4, 0.5) is 0 Å². The summed E-state index contributed by atoms with van der Waals surface area (Å²) >= 11 is 0. The molecule has 5 nitrogen and oxygen atoms in total. The number of nitrogens with zero attached hydrogens (tertiary/aromatic N) is 1. The molecule has 0 saturated carbocycles. The van der Waals surface area contributed by atoms with Crippen molar-refractivity contribution >= 4 is 15.9 Å². The Labute approximate surface area is 139 Å². The second kappa shape index (κ2) is 7.01. The molecule has 1 heterocycles. The molecule has 23 heavy (non-hydrogen) atoms. The zero-order valence-corrected chi connectivity index (χ0v) is 15.2. The standard InChI is InChI=1S/C17H26N2O3S/c1-11(2)15-10-22-17(18-15)16(12(3)4)19-23(20,21)14-8-6-13(5)7-9-14/h6-9,11-12,15-16,19H,10H2,1-5H3/t15-,16+/m1/s1. The largest absolute Gasteiger partial charge is 0.478 e. The minimum atomic E-state index is -3.61. The van der Waals surface area contributed by atoms with Crippen molar-refractivity contribution in [2.45, 2.75) is 51.6 Å². The van der Waals surface area contributed by atoms with Gasteiger partial charge in [0.1, 0.15) is 6.61 Å². The Kier molecular flexibility index (Phi) is 5.47. The van der Waals surface area contributed by atoms with Crippen molar-refractivity contribution in [3.8, 4) is 0 Å². The normalized spacial score (nSPS) is 19.8. The zero-order valence-electron chi connectivity index (χ0n) is 14.4. The van der Waals surface area contributed by atoms with Gasteiger partial charge in [-0.1, -0.05) is 45.4 Å². The van der Waals surface area contributed by atoms with Crippen molar-refractivity contribution in [2.24, 2.45) is 16.8 Å². The molecular weight excluding hydrogens is 312 g/mol. The highest BCUT2D eigenvalue weighted by atomic mass is 32.2. The average Bonchev–Trinajstić information content (AvgIpc) is 2.94. The van der Waals surface area contributed by atoms with Gasteiger partial charge in [0.05, 0.1) is 17.0 Å². The van der Waals surface area contributed by atoms with E-state index in [9.17, 15) is 8.42 Å². The third kappa shape index (κ3) is 4.32. The molecule has 0 unspecified atom stereocenters. The van der Waals surface area contributed by atoms with Crippen LogP contribution in [0.1, 0.15) is 33.3 Å². The van der Waals surface area contributed by atoms with E-state index in [1.54, 1.807) is 24.3 Å². The number of benzene rings is 1. The molecule has 128 valence electrons. The lowest BCUT2D eigenvalue weighted by molar-refractivity contribution is 0.275. The van der Waals surface area contributed by atoms with Crippen LogP contribution < -0.4 is 4.72 Å². The van der Waals surface area contributed by atoms with Gasteiger partial charge in [0.15, 0.2) is 0 Å². The first kappa shape index (κ1) is 17.9. The Bertz CT molecular complexity index is 664. The first-order valence-corrected chi connectivity index (χ1v) is 9.48. The summed E-state index contributed by atoms with van der Waals surface area (Å²) in [5, 5.41) is 0. The summed E-state index contributed by atoms with van der Waals surface area (Å²) in [7, 11) is -3.61. The molecule has 1 N–H and O–H groups in total. The molecule has 0 amide bonds. The van der Waals surface area contributed by atoms with Crippen LogP contribution in [0.25, 0.3) is 0 Å². The topological polar surface area (TPSA) is 67.8 Å². The van der Waals surface area contributed by atoms with E-state index in [1.165, 1.54) is 0 Å². The summed E-state index contributed by atoms with van der Waals surface area (Å²) in [5.41, 5.74) is 1.02. The fourth-order valence-corrected chi connectivity index (χ4v) is 3.68. The number of ether oxygens (including phenoxy) is 1. The molecular formula is C17H26N2O3S. The minimum Gasteiger partial charge on any atom is -0.478 e. The fraction of sp³-hybridized carbons (Fsp3) is 0.588. The molecule has 1 aromatic carbocycles. The molecule has 0 aromatic heterocycles. The maximum absolute atomic E-state index is 12.6. The van der Waals surface area contributed by atoms with Gasteiger partial charge in [-0.3, -0.25) is 0 Å². The molecule has 0 fully saturated rings. The summed E-state index contributed by atoms with van der Waals surface area (Å²) in [6.07, 6.45) is 0. The smallest absolute Gasteiger partial charge is 0.241 e. The van der Waals surface area contributed by atoms with Crippen LogP contribution in [0.2, 0.25) is 0 Å². The molecule has 6 heteroatoms. The Morgan fingerprint density at radius 1 is 1.17 bits per heavy atom. The second-order valence-electron chi connectivity index (χ2n) is 6.75. The number of sulfonamides is 1. The van der Waals surface area contributed by atoms with E-state index >= 15 is 0 Å². The van der Waals surface area contributed by atoms with Gasteiger partial charge >= 0.3 is 0 Å². The third-order valence-electron chi connectivity index (χ3n) is 4.01. The Morgan fingerprint density at radius 2 is 1.78 bits per heavy atom. The van der Waals surface area contributed by atoms with Crippen LogP contribution in [0, 0.1) is 18.8 Å². The summed E-state index contributed by atoms with van der Waals surface area (Å²) < 4.78 is 33.6. The van der Waals surface area contributed by atoms with Crippen LogP contribution in [-0.2, 0) is 14.8 Å². The molecule has 0 radical (unpaired) electrons. The van der Waals surface area contributed by atoms with Crippen LogP contribution in [-0.4, -0.2) is 33.0 Å². The first-order valence-electron chi connectivity index (χ1n) is 8.00. The van der Waals surface area contributed by atoms with Gasteiger partial charge in [-0.05, 0) is 30.9 Å². The van der Waals surface area contributed by atoms with Gasteiger partial charge < -0.3 is 4.74 Å². The minimum absolute atomic E-state index is 0.0416. The van der Waals surface area contributed by atoms with Crippen LogP contribution in [0.15, 0.2) is 34.2 Å². The summed E-state index contributed by atoms with van der Waals surface area (Å²) in [6, 6.07) is 6.45. The Morgan fingerprint density at radius 3 is 2.26 bits per heavy atom.